The number of methoxy groups -OCH3 is 1. The van der Waals surface area contributed by atoms with Crippen LogP contribution in [-0.2, 0) is 0 Å². The number of hydrogen-bond donors (Lipinski definition) is 1. The number of aliphatic hydroxyl groups is 1. The highest BCUT2D eigenvalue weighted by Gasteiger charge is 2.20. The fourth-order valence-electron chi connectivity index (χ4n) is 2.82. The summed E-state index contributed by atoms with van der Waals surface area (Å²) in [7, 11) is 1.62. The fraction of sp³-hybridized carbons (Fsp3) is 0.444. The molecule has 1 saturated heterocycles. The van der Waals surface area contributed by atoms with Crippen molar-refractivity contribution in [1.82, 2.24) is 14.9 Å². The van der Waals surface area contributed by atoms with Gasteiger partial charge >= 0.3 is 0 Å². The van der Waals surface area contributed by atoms with Gasteiger partial charge in [-0.25, -0.2) is 9.97 Å². The number of β-amino-alcohol motifs (C(OH)–C–C–N with tert-alkyl or cyclic N) is 1. The van der Waals surface area contributed by atoms with E-state index in [1.54, 1.807) is 19.5 Å². The highest BCUT2D eigenvalue weighted by Crippen LogP contribution is 2.19. The fourth-order valence-corrected chi connectivity index (χ4v) is 2.82. The van der Waals surface area contributed by atoms with Crippen LogP contribution in [-0.4, -0.2) is 72.5 Å². The SMILES string of the molecule is COc1cccc(OC[C@@H](O)CN2CCN(c3ncccn3)CC2)c1. The number of nitrogens with zero attached hydrogens (tertiary/aromatic N) is 4. The Balaban J connectivity index is 1.41. The molecule has 0 bridgehead atoms. The van der Waals surface area contributed by atoms with Crippen molar-refractivity contribution >= 4 is 5.95 Å². The van der Waals surface area contributed by atoms with Gasteiger partial charge < -0.3 is 19.5 Å². The Labute approximate surface area is 147 Å². The summed E-state index contributed by atoms with van der Waals surface area (Å²) >= 11 is 0. The van der Waals surface area contributed by atoms with Gasteiger partial charge in [0.15, 0.2) is 0 Å². The minimum absolute atomic E-state index is 0.259. The summed E-state index contributed by atoms with van der Waals surface area (Å²) in [6, 6.07) is 9.21. The molecule has 0 saturated carbocycles. The van der Waals surface area contributed by atoms with Gasteiger partial charge in [-0.3, -0.25) is 4.90 Å². The molecule has 1 fully saturated rings. The van der Waals surface area contributed by atoms with E-state index in [4.69, 9.17) is 9.47 Å². The van der Waals surface area contributed by atoms with Gasteiger partial charge in [0, 0.05) is 51.2 Å². The van der Waals surface area contributed by atoms with E-state index in [0.29, 0.717) is 12.3 Å². The number of piperazine rings is 1. The third-order valence-electron chi connectivity index (χ3n) is 4.16. The molecule has 134 valence electrons. The molecular weight excluding hydrogens is 320 g/mol. The summed E-state index contributed by atoms with van der Waals surface area (Å²) in [5.41, 5.74) is 0. The molecule has 2 heterocycles. The van der Waals surface area contributed by atoms with Crippen molar-refractivity contribution in [2.75, 3.05) is 51.3 Å². The van der Waals surface area contributed by atoms with Gasteiger partial charge in [0.2, 0.25) is 5.95 Å². The number of anilines is 1. The highest BCUT2D eigenvalue weighted by molar-refractivity contribution is 5.32. The van der Waals surface area contributed by atoms with Crippen LogP contribution in [0.15, 0.2) is 42.7 Å². The van der Waals surface area contributed by atoms with Gasteiger partial charge in [-0.2, -0.15) is 0 Å². The van der Waals surface area contributed by atoms with E-state index in [9.17, 15) is 5.11 Å². The zero-order valence-electron chi connectivity index (χ0n) is 14.4. The second kappa shape index (κ2) is 8.64. The number of benzene rings is 1. The van der Waals surface area contributed by atoms with E-state index >= 15 is 0 Å². The van der Waals surface area contributed by atoms with Crippen LogP contribution in [0.2, 0.25) is 0 Å². The van der Waals surface area contributed by atoms with Crippen molar-refractivity contribution in [1.29, 1.82) is 0 Å². The number of hydrogen-bond acceptors (Lipinski definition) is 7. The third-order valence-corrected chi connectivity index (χ3v) is 4.16. The quantitative estimate of drug-likeness (QED) is 0.805. The molecule has 0 amide bonds. The maximum Gasteiger partial charge on any atom is 0.225 e. The van der Waals surface area contributed by atoms with Crippen LogP contribution >= 0.6 is 0 Å². The normalized spacial score (nSPS) is 16.5. The molecule has 0 unspecified atom stereocenters. The summed E-state index contributed by atoms with van der Waals surface area (Å²) in [6.07, 6.45) is 2.98. The first-order valence-corrected chi connectivity index (χ1v) is 8.44. The Kier molecular flexibility index (Phi) is 6.03. The van der Waals surface area contributed by atoms with Gasteiger partial charge in [0.05, 0.1) is 7.11 Å². The Bertz CT molecular complexity index is 648. The summed E-state index contributed by atoms with van der Waals surface area (Å²) in [5.74, 6) is 2.21. The molecule has 1 aromatic carbocycles. The highest BCUT2D eigenvalue weighted by atomic mass is 16.5. The van der Waals surface area contributed by atoms with Crippen molar-refractivity contribution in [3.05, 3.63) is 42.7 Å². The van der Waals surface area contributed by atoms with Gasteiger partial charge in [-0.15, -0.1) is 0 Å². The Hall–Kier alpha value is -2.38. The third kappa shape index (κ3) is 5.04. The van der Waals surface area contributed by atoms with Crippen molar-refractivity contribution in [3.63, 3.8) is 0 Å². The maximum atomic E-state index is 10.2. The maximum absolute atomic E-state index is 10.2. The van der Waals surface area contributed by atoms with Gasteiger partial charge in [-0.05, 0) is 18.2 Å². The van der Waals surface area contributed by atoms with Gasteiger partial charge in [0.25, 0.3) is 0 Å². The van der Waals surface area contributed by atoms with Crippen molar-refractivity contribution in [3.8, 4) is 11.5 Å². The first kappa shape index (κ1) is 17.4. The van der Waals surface area contributed by atoms with E-state index in [0.717, 1.165) is 37.9 Å². The number of aromatic nitrogens is 2. The molecule has 1 aliphatic rings. The molecular formula is C18H24N4O3. The molecule has 7 nitrogen and oxygen atoms in total. The largest absolute Gasteiger partial charge is 0.497 e. The summed E-state index contributed by atoms with van der Waals surface area (Å²) < 4.78 is 10.8. The molecule has 0 aliphatic carbocycles. The van der Waals surface area contributed by atoms with Crippen LogP contribution in [0.25, 0.3) is 0 Å². The smallest absolute Gasteiger partial charge is 0.225 e. The van der Waals surface area contributed by atoms with E-state index in [2.05, 4.69) is 19.8 Å². The lowest BCUT2D eigenvalue weighted by molar-refractivity contribution is 0.0661. The zero-order valence-corrected chi connectivity index (χ0v) is 14.4. The average molecular weight is 344 g/mol. The number of ether oxygens (including phenoxy) is 2. The molecule has 3 rings (SSSR count). The minimum atomic E-state index is -0.536. The van der Waals surface area contributed by atoms with Crippen molar-refractivity contribution in [2.24, 2.45) is 0 Å². The molecule has 2 aromatic rings. The molecule has 7 heteroatoms. The number of aliphatic hydroxyl groups excluding tert-OH is 1. The second-order valence-electron chi connectivity index (χ2n) is 5.98. The Morgan fingerprint density at radius 2 is 1.80 bits per heavy atom. The van der Waals surface area contributed by atoms with E-state index in [-0.39, 0.29) is 6.61 Å². The molecule has 0 spiro atoms. The van der Waals surface area contributed by atoms with Crippen LogP contribution < -0.4 is 14.4 Å². The molecule has 25 heavy (non-hydrogen) atoms. The molecule has 1 aliphatic heterocycles. The van der Waals surface area contributed by atoms with Crippen molar-refractivity contribution in [2.45, 2.75) is 6.10 Å². The van der Waals surface area contributed by atoms with Crippen LogP contribution in [0.1, 0.15) is 0 Å². The Morgan fingerprint density at radius 3 is 2.52 bits per heavy atom. The van der Waals surface area contributed by atoms with E-state index in [1.807, 2.05) is 30.3 Å². The predicted octanol–water partition coefficient (Wildman–Crippen LogP) is 1.05. The minimum Gasteiger partial charge on any atom is -0.497 e. The molecule has 1 N–H and O–H groups in total. The summed E-state index contributed by atoms with van der Waals surface area (Å²) in [5, 5.41) is 10.2. The lowest BCUT2D eigenvalue weighted by Gasteiger charge is -2.35. The van der Waals surface area contributed by atoms with E-state index < -0.39 is 6.10 Å². The first-order chi connectivity index (χ1) is 12.2. The van der Waals surface area contributed by atoms with Crippen LogP contribution in [0.5, 0.6) is 11.5 Å². The molecule has 1 atom stereocenters. The molecule has 1 aromatic heterocycles. The topological polar surface area (TPSA) is 71.0 Å². The lowest BCUT2D eigenvalue weighted by Crippen LogP contribution is -2.49. The Morgan fingerprint density at radius 1 is 1.08 bits per heavy atom. The van der Waals surface area contributed by atoms with Crippen LogP contribution in [0.3, 0.4) is 0 Å². The van der Waals surface area contributed by atoms with Crippen LogP contribution in [0, 0.1) is 0 Å². The second-order valence-corrected chi connectivity index (χ2v) is 5.98. The first-order valence-electron chi connectivity index (χ1n) is 8.44. The van der Waals surface area contributed by atoms with Gasteiger partial charge in [-0.1, -0.05) is 6.07 Å². The number of rotatable bonds is 7. The lowest BCUT2D eigenvalue weighted by atomic mass is 10.2. The monoisotopic (exact) mass is 344 g/mol. The van der Waals surface area contributed by atoms with E-state index in [1.165, 1.54) is 0 Å². The standard InChI is InChI=1S/C18H24N4O3/c1-24-16-4-2-5-17(12-16)25-14-15(23)13-21-8-10-22(11-9-21)18-19-6-3-7-20-18/h2-7,12,15,23H,8-11,13-14H2,1H3/t15-/m0/s1. The van der Waals surface area contributed by atoms with Crippen molar-refractivity contribution < 1.29 is 14.6 Å². The zero-order chi connectivity index (χ0) is 17.5. The average Bonchev–Trinajstić information content (AvgIpc) is 2.68. The molecule has 0 radical (unpaired) electrons. The summed E-state index contributed by atoms with van der Waals surface area (Å²) in [6.45, 7) is 4.30. The predicted molar refractivity (Wildman–Crippen MR) is 95.2 cm³/mol. The van der Waals surface area contributed by atoms with Gasteiger partial charge in [0.1, 0.15) is 24.2 Å². The summed E-state index contributed by atoms with van der Waals surface area (Å²) in [4.78, 5) is 13.0. The van der Waals surface area contributed by atoms with Crippen LogP contribution in [0.4, 0.5) is 5.95 Å².